The van der Waals surface area contributed by atoms with Crippen molar-refractivity contribution in [1.82, 2.24) is 19.9 Å². The van der Waals surface area contributed by atoms with Gasteiger partial charge >= 0.3 is 7.12 Å². The molecule has 46 heavy (non-hydrogen) atoms. The van der Waals surface area contributed by atoms with E-state index in [1.807, 2.05) is 6.92 Å². The van der Waals surface area contributed by atoms with Gasteiger partial charge in [0.15, 0.2) is 0 Å². The standard InChI is InChI=1S/C15H20N4OS.C14H17IN4OS.CH5BO2/c1-8(2)10-6-11(20-4)9(3)5-12(10)21-13-7-18-15(17)19-14(13)16;1-7(2)8-4-10(20-3)9(15)5-11(8)21-12-6-18-14(17)19-13(12)16;1-2(3)4/h5-8H,1-4H3,(H4,16,17,18,19);4-7H,1-3H3,(H4,16,17,18,19);3-4H,1H3. The molecule has 0 aliphatic rings. The van der Waals surface area contributed by atoms with E-state index in [2.05, 4.69) is 94.5 Å². The molecule has 0 aliphatic heterocycles. The first kappa shape index (κ1) is 39.0. The van der Waals surface area contributed by atoms with Crippen molar-refractivity contribution in [3.8, 4) is 11.5 Å². The molecule has 0 atom stereocenters. The third-order valence-corrected chi connectivity index (χ3v) is 9.16. The zero-order chi connectivity index (χ0) is 34.7. The Kier molecular flexibility index (Phi) is 15.5. The van der Waals surface area contributed by atoms with E-state index in [9.17, 15) is 0 Å². The lowest BCUT2D eigenvalue weighted by atomic mass is 9.99. The predicted octanol–water partition coefficient (Wildman–Crippen LogP) is 5.85. The molecule has 0 amide bonds. The van der Waals surface area contributed by atoms with Crippen LogP contribution in [0.4, 0.5) is 23.5 Å². The Morgan fingerprint density at radius 2 is 1.11 bits per heavy atom. The molecule has 0 radical (unpaired) electrons. The van der Waals surface area contributed by atoms with Crippen LogP contribution in [0.5, 0.6) is 11.5 Å². The monoisotopic (exact) mass is 780 g/mol. The molecule has 0 bridgehead atoms. The van der Waals surface area contributed by atoms with Crippen LogP contribution in [0.3, 0.4) is 0 Å². The van der Waals surface area contributed by atoms with Gasteiger partial charge in [0, 0.05) is 22.2 Å². The summed E-state index contributed by atoms with van der Waals surface area (Å²) in [4.78, 5) is 19.9. The Labute approximate surface area is 293 Å². The Morgan fingerprint density at radius 3 is 1.48 bits per heavy atom. The SMILES string of the molecule is CB(O)O.COc1cc(C(C)C)c(Sc2cnc(N)nc2N)cc1C.COc1cc(C(C)C)c(Sc2cnc(N)nc2N)cc1I. The molecule has 12 nitrogen and oxygen atoms in total. The molecule has 16 heteroatoms. The maximum absolute atomic E-state index is 7.61. The van der Waals surface area contributed by atoms with E-state index in [1.165, 1.54) is 17.9 Å². The third kappa shape index (κ3) is 11.6. The zero-order valence-electron chi connectivity index (χ0n) is 27.2. The molecule has 0 fully saturated rings. The first-order valence-corrected chi connectivity index (χ1v) is 16.8. The summed E-state index contributed by atoms with van der Waals surface area (Å²) < 4.78 is 11.9. The fourth-order valence-electron chi connectivity index (χ4n) is 3.87. The lowest BCUT2D eigenvalue weighted by Gasteiger charge is -2.16. The van der Waals surface area contributed by atoms with Gasteiger partial charge in [-0.1, -0.05) is 51.2 Å². The number of nitrogen functional groups attached to an aromatic ring is 4. The van der Waals surface area contributed by atoms with Crippen LogP contribution >= 0.6 is 46.1 Å². The molecule has 0 spiro atoms. The van der Waals surface area contributed by atoms with Crippen molar-refractivity contribution in [3.05, 3.63) is 56.9 Å². The highest BCUT2D eigenvalue weighted by Gasteiger charge is 2.16. The van der Waals surface area contributed by atoms with Crippen molar-refractivity contribution in [1.29, 1.82) is 0 Å². The summed E-state index contributed by atoms with van der Waals surface area (Å²) in [6.07, 6.45) is 3.32. The van der Waals surface area contributed by atoms with E-state index in [0.29, 0.717) is 23.5 Å². The van der Waals surface area contributed by atoms with Gasteiger partial charge in [-0.2, -0.15) is 9.97 Å². The number of nitrogens with zero attached hydrogens (tertiary/aromatic N) is 4. The Bertz CT molecular complexity index is 1500. The van der Waals surface area contributed by atoms with Gasteiger partial charge in [-0.15, -0.1) is 0 Å². The van der Waals surface area contributed by atoms with Gasteiger partial charge in [0.05, 0.1) is 27.6 Å². The van der Waals surface area contributed by atoms with Crippen LogP contribution in [0.15, 0.2) is 56.2 Å². The topological polar surface area (TPSA) is 215 Å². The maximum Gasteiger partial charge on any atom is 0.448 e. The number of anilines is 4. The molecule has 248 valence electrons. The van der Waals surface area contributed by atoms with Crippen molar-refractivity contribution in [2.75, 3.05) is 37.2 Å². The van der Waals surface area contributed by atoms with Gasteiger partial charge < -0.3 is 42.5 Å². The van der Waals surface area contributed by atoms with Gasteiger partial charge in [0.1, 0.15) is 23.1 Å². The van der Waals surface area contributed by atoms with Crippen molar-refractivity contribution >= 4 is 76.8 Å². The van der Waals surface area contributed by atoms with Gasteiger partial charge in [-0.05, 0) is 89.1 Å². The molecule has 4 rings (SSSR count). The average Bonchev–Trinajstić information content (AvgIpc) is 2.96. The zero-order valence-corrected chi connectivity index (χ0v) is 31.0. The molecule has 0 aliphatic carbocycles. The van der Waals surface area contributed by atoms with Crippen molar-refractivity contribution < 1.29 is 19.5 Å². The maximum atomic E-state index is 7.61. The van der Waals surface area contributed by atoms with Gasteiger partial charge in [-0.25, -0.2) is 9.97 Å². The summed E-state index contributed by atoms with van der Waals surface area (Å²) in [6, 6.07) is 8.35. The average molecular weight is 781 g/mol. The van der Waals surface area contributed by atoms with Crippen molar-refractivity contribution in [2.45, 2.75) is 72.9 Å². The van der Waals surface area contributed by atoms with Gasteiger partial charge in [0.25, 0.3) is 0 Å². The number of aryl methyl sites for hydroxylation is 1. The van der Waals surface area contributed by atoms with Crippen LogP contribution < -0.4 is 32.4 Å². The predicted molar refractivity (Wildman–Crippen MR) is 198 cm³/mol. The lowest BCUT2D eigenvalue weighted by Crippen LogP contribution is -2.01. The summed E-state index contributed by atoms with van der Waals surface area (Å²) in [7, 11) is 2.20. The first-order valence-electron chi connectivity index (χ1n) is 14.1. The number of benzene rings is 2. The van der Waals surface area contributed by atoms with Gasteiger partial charge in [-0.3, -0.25) is 0 Å². The van der Waals surface area contributed by atoms with Gasteiger partial charge in [0.2, 0.25) is 11.9 Å². The Hall–Kier alpha value is -3.19. The summed E-state index contributed by atoms with van der Waals surface area (Å²) in [5.74, 6) is 3.68. The number of ether oxygens (including phenoxy) is 2. The van der Waals surface area contributed by atoms with E-state index in [4.69, 9.17) is 42.5 Å². The molecule has 4 aromatic rings. The van der Waals surface area contributed by atoms with Crippen molar-refractivity contribution in [3.63, 3.8) is 0 Å². The molecular weight excluding hydrogens is 738 g/mol. The van der Waals surface area contributed by atoms with E-state index in [0.717, 1.165) is 40.2 Å². The molecular formula is C30H42BIN8O4S2. The summed E-state index contributed by atoms with van der Waals surface area (Å²) in [5, 5.41) is 15.2. The number of hydrogen-bond donors (Lipinski definition) is 6. The summed E-state index contributed by atoms with van der Waals surface area (Å²) in [5.41, 5.74) is 26.4. The van der Waals surface area contributed by atoms with Crippen LogP contribution in [0.2, 0.25) is 6.82 Å². The highest BCUT2D eigenvalue weighted by molar-refractivity contribution is 14.1. The second kappa shape index (κ2) is 18.2. The molecule has 0 saturated heterocycles. The van der Waals surface area contributed by atoms with E-state index in [1.54, 1.807) is 50.1 Å². The van der Waals surface area contributed by atoms with E-state index in [-0.39, 0.29) is 11.9 Å². The lowest BCUT2D eigenvalue weighted by molar-refractivity contribution is 0.410. The molecule has 10 N–H and O–H groups in total. The smallest absolute Gasteiger partial charge is 0.448 e. The normalized spacial score (nSPS) is 10.5. The summed E-state index contributed by atoms with van der Waals surface area (Å²) in [6.45, 7) is 11.9. The molecule has 0 unspecified atom stereocenters. The largest absolute Gasteiger partial charge is 0.496 e. The van der Waals surface area contributed by atoms with Crippen LogP contribution in [0.1, 0.15) is 56.2 Å². The molecule has 2 heterocycles. The number of methoxy groups -OCH3 is 2. The first-order chi connectivity index (χ1) is 21.6. The van der Waals surface area contributed by atoms with E-state index >= 15 is 0 Å². The summed E-state index contributed by atoms with van der Waals surface area (Å²) >= 11 is 5.36. The minimum absolute atomic E-state index is 0.185. The van der Waals surface area contributed by atoms with Crippen LogP contribution in [-0.4, -0.2) is 51.3 Å². The second-order valence-corrected chi connectivity index (χ2v) is 13.8. The molecule has 2 aromatic carbocycles. The Balaban J connectivity index is 0.000000287. The minimum Gasteiger partial charge on any atom is -0.496 e. The number of halogens is 1. The minimum atomic E-state index is -1.17. The van der Waals surface area contributed by atoms with Crippen LogP contribution in [0.25, 0.3) is 0 Å². The quantitative estimate of drug-likeness (QED) is 0.0915. The number of rotatable bonds is 8. The van der Waals surface area contributed by atoms with Crippen LogP contribution in [-0.2, 0) is 0 Å². The fraction of sp³-hybridized carbons (Fsp3) is 0.333. The number of nitrogens with two attached hydrogens (primary N) is 4. The molecule has 2 aromatic heterocycles. The number of aromatic nitrogens is 4. The molecule has 0 saturated carbocycles. The second-order valence-electron chi connectivity index (χ2n) is 10.5. The highest BCUT2D eigenvalue weighted by Crippen LogP contribution is 2.40. The van der Waals surface area contributed by atoms with E-state index < -0.39 is 7.12 Å². The van der Waals surface area contributed by atoms with Crippen molar-refractivity contribution in [2.24, 2.45) is 0 Å². The number of hydrogen-bond acceptors (Lipinski definition) is 14. The third-order valence-electron chi connectivity index (χ3n) is 6.10. The highest BCUT2D eigenvalue weighted by atomic mass is 127. The van der Waals surface area contributed by atoms with Crippen LogP contribution in [0, 0.1) is 10.5 Å². The fourth-order valence-corrected chi connectivity index (χ4v) is 7.00. The Morgan fingerprint density at radius 1 is 0.717 bits per heavy atom.